The number of thiophene rings is 1. The van der Waals surface area contributed by atoms with E-state index in [0.717, 1.165) is 33.7 Å². The molecule has 0 fully saturated rings. The first kappa shape index (κ1) is 16.9. The fourth-order valence-electron chi connectivity index (χ4n) is 3.29. The van der Waals surface area contributed by atoms with Crippen molar-refractivity contribution in [2.45, 2.75) is 38.1 Å². The molecule has 0 aliphatic heterocycles. The van der Waals surface area contributed by atoms with Crippen LogP contribution in [0.25, 0.3) is 10.2 Å². The molecule has 1 atom stereocenters. The molecule has 3 aromatic rings. The predicted molar refractivity (Wildman–Crippen MR) is 106 cm³/mol. The summed E-state index contributed by atoms with van der Waals surface area (Å²) in [4.78, 5) is 11.8. The maximum absolute atomic E-state index is 5.84. The highest BCUT2D eigenvalue weighted by atomic mass is 32.2. The van der Waals surface area contributed by atoms with E-state index in [0.29, 0.717) is 6.61 Å². The summed E-state index contributed by atoms with van der Waals surface area (Å²) in [6.45, 7) is 5.11. The quantitative estimate of drug-likeness (QED) is 0.347. The van der Waals surface area contributed by atoms with Crippen LogP contribution in [0.4, 0.5) is 0 Å². The van der Waals surface area contributed by atoms with Crippen LogP contribution in [0.3, 0.4) is 0 Å². The van der Waals surface area contributed by atoms with Gasteiger partial charge in [0.2, 0.25) is 0 Å². The summed E-state index contributed by atoms with van der Waals surface area (Å²) in [5.74, 6) is 2.61. The first-order chi connectivity index (χ1) is 12.2. The number of benzene rings is 1. The molecule has 0 saturated heterocycles. The van der Waals surface area contributed by atoms with Crippen molar-refractivity contribution >= 4 is 33.3 Å². The highest BCUT2D eigenvalue weighted by molar-refractivity contribution is 7.99. The van der Waals surface area contributed by atoms with Crippen LogP contribution < -0.4 is 4.74 Å². The summed E-state index contributed by atoms with van der Waals surface area (Å²) < 4.78 is 5.84. The largest absolute Gasteiger partial charge is 0.493 e. The number of aryl methyl sites for hydroxylation is 2. The standard InChI is InChI=1S/C20H22N2OS2/c1-13-3-6-15(7-4-13)23-9-10-24-19-18-16-8-5-14(2)11-17(16)25-20(18)22-12-21-19/h3-4,6-7,12,14H,5,8-11H2,1-2H3/t14-/m0/s1. The van der Waals surface area contributed by atoms with E-state index in [2.05, 4.69) is 35.9 Å². The average Bonchev–Trinajstić information content (AvgIpc) is 2.98. The van der Waals surface area contributed by atoms with E-state index in [-0.39, 0.29) is 0 Å². The van der Waals surface area contributed by atoms with Crippen molar-refractivity contribution in [2.24, 2.45) is 5.92 Å². The normalized spacial score (nSPS) is 16.8. The Kier molecular flexibility index (Phi) is 4.95. The highest BCUT2D eigenvalue weighted by Crippen LogP contribution is 2.40. The zero-order valence-corrected chi connectivity index (χ0v) is 16.3. The van der Waals surface area contributed by atoms with Gasteiger partial charge in [0.1, 0.15) is 21.9 Å². The van der Waals surface area contributed by atoms with Gasteiger partial charge in [0.15, 0.2) is 0 Å². The zero-order valence-electron chi connectivity index (χ0n) is 14.6. The van der Waals surface area contributed by atoms with Gasteiger partial charge in [-0.2, -0.15) is 0 Å². The third-order valence-corrected chi connectivity index (χ3v) is 6.78. The molecule has 2 aromatic heterocycles. The summed E-state index contributed by atoms with van der Waals surface area (Å²) in [5, 5.41) is 2.42. The Balaban J connectivity index is 1.45. The third-order valence-electron chi connectivity index (χ3n) is 4.67. The number of aromatic nitrogens is 2. The van der Waals surface area contributed by atoms with Gasteiger partial charge in [0.05, 0.1) is 6.61 Å². The molecule has 130 valence electrons. The van der Waals surface area contributed by atoms with Gasteiger partial charge < -0.3 is 4.74 Å². The Morgan fingerprint density at radius 2 is 2.08 bits per heavy atom. The molecule has 0 N–H and O–H groups in total. The van der Waals surface area contributed by atoms with Gasteiger partial charge in [-0.05, 0) is 49.8 Å². The zero-order chi connectivity index (χ0) is 17.2. The monoisotopic (exact) mass is 370 g/mol. The van der Waals surface area contributed by atoms with E-state index in [1.165, 1.54) is 34.2 Å². The SMILES string of the molecule is Cc1ccc(OCCSc2ncnc3sc4c(c23)CC[C@H](C)C4)cc1. The second-order valence-corrected chi connectivity index (χ2v) is 8.89. The van der Waals surface area contributed by atoms with E-state index in [4.69, 9.17) is 4.74 Å². The number of nitrogens with zero attached hydrogens (tertiary/aromatic N) is 2. The van der Waals surface area contributed by atoms with Crippen molar-refractivity contribution in [1.82, 2.24) is 9.97 Å². The summed E-state index contributed by atoms with van der Waals surface area (Å²) in [7, 11) is 0. The van der Waals surface area contributed by atoms with Gasteiger partial charge >= 0.3 is 0 Å². The van der Waals surface area contributed by atoms with Gasteiger partial charge in [-0.3, -0.25) is 0 Å². The fraction of sp³-hybridized carbons (Fsp3) is 0.400. The first-order valence-corrected chi connectivity index (χ1v) is 10.6. The average molecular weight is 371 g/mol. The highest BCUT2D eigenvalue weighted by Gasteiger charge is 2.23. The fourth-order valence-corrected chi connectivity index (χ4v) is 5.55. The van der Waals surface area contributed by atoms with Crippen molar-refractivity contribution in [3.05, 3.63) is 46.6 Å². The molecule has 4 rings (SSSR count). The van der Waals surface area contributed by atoms with Crippen LogP contribution in [0.2, 0.25) is 0 Å². The van der Waals surface area contributed by atoms with Crippen LogP contribution in [0.5, 0.6) is 5.75 Å². The Morgan fingerprint density at radius 1 is 1.24 bits per heavy atom. The number of ether oxygens (including phenoxy) is 1. The molecule has 0 spiro atoms. The van der Waals surface area contributed by atoms with Crippen LogP contribution in [0.1, 0.15) is 29.3 Å². The molecule has 0 radical (unpaired) electrons. The molecule has 3 nitrogen and oxygen atoms in total. The lowest BCUT2D eigenvalue weighted by atomic mass is 9.89. The van der Waals surface area contributed by atoms with Crippen LogP contribution >= 0.6 is 23.1 Å². The number of hydrogen-bond donors (Lipinski definition) is 0. The Bertz CT molecular complexity index is 873. The molecule has 25 heavy (non-hydrogen) atoms. The van der Waals surface area contributed by atoms with E-state index in [1.54, 1.807) is 18.1 Å². The summed E-state index contributed by atoms with van der Waals surface area (Å²) in [6, 6.07) is 8.21. The van der Waals surface area contributed by atoms with Crippen molar-refractivity contribution in [2.75, 3.05) is 12.4 Å². The minimum absolute atomic E-state index is 0.683. The summed E-state index contributed by atoms with van der Waals surface area (Å²) in [5.41, 5.74) is 2.75. The van der Waals surface area contributed by atoms with Gasteiger partial charge in [-0.15, -0.1) is 23.1 Å². The molecule has 1 aromatic carbocycles. The van der Waals surface area contributed by atoms with Gasteiger partial charge in [-0.25, -0.2) is 9.97 Å². The van der Waals surface area contributed by atoms with Crippen LogP contribution in [-0.4, -0.2) is 22.3 Å². The summed E-state index contributed by atoms with van der Waals surface area (Å²) in [6.07, 6.45) is 5.33. The van der Waals surface area contributed by atoms with Crippen LogP contribution in [-0.2, 0) is 12.8 Å². The molecular weight excluding hydrogens is 348 g/mol. The molecule has 0 unspecified atom stereocenters. The number of fused-ring (bicyclic) bond motifs is 3. The van der Waals surface area contributed by atoms with Gasteiger partial charge in [0.25, 0.3) is 0 Å². The molecule has 0 bridgehead atoms. The minimum atomic E-state index is 0.683. The Labute approximate surface area is 156 Å². The number of thioether (sulfide) groups is 1. The Morgan fingerprint density at radius 3 is 2.92 bits per heavy atom. The topological polar surface area (TPSA) is 35.0 Å². The number of hydrogen-bond acceptors (Lipinski definition) is 5. The smallest absolute Gasteiger partial charge is 0.128 e. The van der Waals surface area contributed by atoms with Gasteiger partial charge in [0, 0.05) is 16.0 Å². The van der Waals surface area contributed by atoms with Crippen molar-refractivity contribution in [1.29, 1.82) is 0 Å². The molecule has 2 heterocycles. The molecule has 1 aliphatic rings. The second-order valence-electron chi connectivity index (χ2n) is 6.72. The van der Waals surface area contributed by atoms with Crippen LogP contribution in [0.15, 0.2) is 35.6 Å². The lowest BCUT2D eigenvalue weighted by Crippen LogP contribution is -2.08. The lowest BCUT2D eigenvalue weighted by Gasteiger charge is -2.18. The Hall–Kier alpha value is -1.59. The first-order valence-electron chi connectivity index (χ1n) is 8.78. The van der Waals surface area contributed by atoms with Crippen molar-refractivity contribution < 1.29 is 4.74 Å². The molecule has 0 saturated carbocycles. The number of rotatable bonds is 5. The molecule has 1 aliphatic carbocycles. The maximum atomic E-state index is 5.84. The molecule has 0 amide bonds. The molecular formula is C20H22N2OS2. The lowest BCUT2D eigenvalue weighted by molar-refractivity contribution is 0.344. The predicted octanol–water partition coefficient (Wildman–Crippen LogP) is 5.30. The van der Waals surface area contributed by atoms with E-state index < -0.39 is 0 Å². The summed E-state index contributed by atoms with van der Waals surface area (Å²) >= 11 is 3.64. The van der Waals surface area contributed by atoms with Crippen molar-refractivity contribution in [3.8, 4) is 5.75 Å². The van der Waals surface area contributed by atoms with Gasteiger partial charge in [-0.1, -0.05) is 24.6 Å². The third kappa shape index (κ3) is 3.67. The van der Waals surface area contributed by atoms with E-state index in [1.807, 2.05) is 23.5 Å². The van der Waals surface area contributed by atoms with Crippen LogP contribution in [0, 0.1) is 12.8 Å². The molecule has 5 heteroatoms. The second kappa shape index (κ2) is 7.34. The van der Waals surface area contributed by atoms with Crippen molar-refractivity contribution in [3.63, 3.8) is 0 Å². The minimum Gasteiger partial charge on any atom is -0.493 e. The van der Waals surface area contributed by atoms with E-state index in [9.17, 15) is 0 Å². The maximum Gasteiger partial charge on any atom is 0.128 e. The van der Waals surface area contributed by atoms with E-state index >= 15 is 0 Å².